The fraction of sp³-hybridized carbons (Fsp3) is 0.235. The van der Waals surface area contributed by atoms with Crippen LogP contribution in [0.4, 0.5) is 0 Å². The molecule has 1 atom stereocenters. The van der Waals surface area contributed by atoms with Crippen LogP contribution in [0.25, 0.3) is 0 Å². The van der Waals surface area contributed by atoms with Gasteiger partial charge in [0.25, 0.3) is 5.91 Å². The SMILES string of the molecule is COc1ccc(Cl)cc1C(=O)NCC(O)Cc1ccccc1. The molecule has 1 amide bonds. The Morgan fingerprint density at radius 2 is 2.00 bits per heavy atom. The number of carbonyl (C=O) groups is 1. The Bertz CT molecular complexity index is 631. The van der Waals surface area contributed by atoms with E-state index < -0.39 is 6.10 Å². The second-order valence-corrected chi connectivity index (χ2v) is 5.33. The van der Waals surface area contributed by atoms with Crippen LogP contribution in [0.2, 0.25) is 5.02 Å². The number of halogens is 1. The first-order valence-electron chi connectivity index (χ1n) is 6.94. The van der Waals surface area contributed by atoms with Crippen molar-refractivity contribution in [2.24, 2.45) is 0 Å². The smallest absolute Gasteiger partial charge is 0.255 e. The third kappa shape index (κ3) is 4.48. The Hall–Kier alpha value is -2.04. The van der Waals surface area contributed by atoms with E-state index in [0.29, 0.717) is 22.8 Å². The number of nitrogens with one attached hydrogen (secondary N) is 1. The van der Waals surface area contributed by atoms with Gasteiger partial charge in [-0.05, 0) is 23.8 Å². The molecule has 2 N–H and O–H groups in total. The monoisotopic (exact) mass is 319 g/mol. The lowest BCUT2D eigenvalue weighted by molar-refractivity contribution is 0.0913. The van der Waals surface area contributed by atoms with Gasteiger partial charge in [-0.25, -0.2) is 0 Å². The summed E-state index contributed by atoms with van der Waals surface area (Å²) < 4.78 is 5.14. The summed E-state index contributed by atoms with van der Waals surface area (Å²) in [5, 5.41) is 13.2. The van der Waals surface area contributed by atoms with Crippen molar-refractivity contribution in [3.05, 3.63) is 64.7 Å². The molecule has 2 aromatic carbocycles. The number of aliphatic hydroxyl groups excluding tert-OH is 1. The average molecular weight is 320 g/mol. The van der Waals surface area contributed by atoms with Crippen LogP contribution < -0.4 is 10.1 Å². The van der Waals surface area contributed by atoms with Gasteiger partial charge in [-0.1, -0.05) is 41.9 Å². The Kier molecular flexibility index (Phi) is 5.81. The predicted molar refractivity (Wildman–Crippen MR) is 86.5 cm³/mol. The number of rotatable bonds is 6. The highest BCUT2D eigenvalue weighted by molar-refractivity contribution is 6.31. The van der Waals surface area contributed by atoms with Crippen molar-refractivity contribution in [1.29, 1.82) is 0 Å². The van der Waals surface area contributed by atoms with Gasteiger partial charge in [0.05, 0.1) is 18.8 Å². The van der Waals surface area contributed by atoms with Crippen LogP contribution >= 0.6 is 11.6 Å². The topological polar surface area (TPSA) is 58.6 Å². The summed E-state index contributed by atoms with van der Waals surface area (Å²) in [6.45, 7) is 0.156. The molecule has 0 radical (unpaired) electrons. The normalized spacial score (nSPS) is 11.8. The zero-order chi connectivity index (χ0) is 15.9. The third-order valence-corrected chi connectivity index (χ3v) is 3.45. The van der Waals surface area contributed by atoms with E-state index in [-0.39, 0.29) is 12.5 Å². The Morgan fingerprint density at radius 3 is 2.68 bits per heavy atom. The van der Waals surface area contributed by atoms with Crippen LogP contribution in [-0.4, -0.2) is 30.8 Å². The second kappa shape index (κ2) is 7.82. The highest BCUT2D eigenvalue weighted by Crippen LogP contribution is 2.22. The number of benzene rings is 2. The summed E-state index contributed by atoms with van der Waals surface area (Å²) in [6, 6.07) is 14.5. The second-order valence-electron chi connectivity index (χ2n) is 4.90. The van der Waals surface area contributed by atoms with E-state index in [4.69, 9.17) is 16.3 Å². The molecule has 0 spiro atoms. The number of carbonyl (C=O) groups excluding carboxylic acids is 1. The zero-order valence-corrected chi connectivity index (χ0v) is 13.0. The van der Waals surface area contributed by atoms with Gasteiger partial charge in [0.2, 0.25) is 0 Å². The van der Waals surface area contributed by atoms with Crippen molar-refractivity contribution < 1.29 is 14.6 Å². The molecule has 22 heavy (non-hydrogen) atoms. The van der Waals surface area contributed by atoms with Crippen molar-refractivity contribution in [3.8, 4) is 5.75 Å². The molecule has 0 bridgehead atoms. The average Bonchev–Trinajstić information content (AvgIpc) is 2.53. The van der Waals surface area contributed by atoms with E-state index >= 15 is 0 Å². The Morgan fingerprint density at radius 1 is 1.27 bits per heavy atom. The lowest BCUT2D eigenvalue weighted by Crippen LogP contribution is -2.33. The van der Waals surface area contributed by atoms with Gasteiger partial charge in [0, 0.05) is 18.0 Å². The largest absolute Gasteiger partial charge is 0.496 e. The molecule has 0 aromatic heterocycles. The Balaban J connectivity index is 1.94. The first-order chi connectivity index (χ1) is 10.6. The maximum Gasteiger partial charge on any atom is 0.255 e. The summed E-state index contributed by atoms with van der Waals surface area (Å²) in [5.41, 5.74) is 1.37. The first kappa shape index (κ1) is 16.3. The fourth-order valence-corrected chi connectivity index (χ4v) is 2.29. The summed E-state index contributed by atoms with van der Waals surface area (Å²) in [7, 11) is 1.49. The molecule has 1 unspecified atom stereocenters. The van der Waals surface area contributed by atoms with Gasteiger partial charge in [-0.2, -0.15) is 0 Å². The molecule has 4 nitrogen and oxygen atoms in total. The van der Waals surface area contributed by atoms with Crippen molar-refractivity contribution in [2.45, 2.75) is 12.5 Å². The molecule has 0 heterocycles. The van der Waals surface area contributed by atoms with Gasteiger partial charge in [0.1, 0.15) is 5.75 Å². The van der Waals surface area contributed by atoms with Crippen molar-refractivity contribution in [1.82, 2.24) is 5.32 Å². The molecule has 0 saturated heterocycles. The minimum absolute atomic E-state index is 0.156. The third-order valence-electron chi connectivity index (χ3n) is 3.22. The van der Waals surface area contributed by atoms with Crippen LogP contribution in [-0.2, 0) is 6.42 Å². The maximum absolute atomic E-state index is 12.2. The molecule has 2 aromatic rings. The van der Waals surface area contributed by atoms with E-state index in [1.54, 1.807) is 18.2 Å². The highest BCUT2D eigenvalue weighted by atomic mass is 35.5. The van der Waals surface area contributed by atoms with Crippen LogP contribution in [0.1, 0.15) is 15.9 Å². The zero-order valence-electron chi connectivity index (χ0n) is 12.3. The van der Waals surface area contributed by atoms with Gasteiger partial charge in [0.15, 0.2) is 0 Å². The number of hydrogen-bond donors (Lipinski definition) is 2. The Labute approximate surface area is 134 Å². The fourth-order valence-electron chi connectivity index (χ4n) is 2.12. The number of amides is 1. The molecule has 116 valence electrons. The van der Waals surface area contributed by atoms with E-state index in [1.807, 2.05) is 30.3 Å². The van der Waals surface area contributed by atoms with Crippen LogP contribution in [0, 0.1) is 0 Å². The molecule has 0 saturated carbocycles. The summed E-state index contributed by atoms with van der Waals surface area (Å²) in [5.74, 6) is 0.117. The summed E-state index contributed by atoms with van der Waals surface area (Å²) >= 11 is 5.90. The summed E-state index contributed by atoms with van der Waals surface area (Å²) in [6.07, 6.45) is -0.176. The minimum atomic E-state index is -0.656. The molecule has 0 fully saturated rings. The van der Waals surface area contributed by atoms with Crippen molar-refractivity contribution in [2.75, 3.05) is 13.7 Å². The molecule has 0 aliphatic rings. The molecule has 0 aliphatic carbocycles. The lowest BCUT2D eigenvalue weighted by Gasteiger charge is -2.13. The minimum Gasteiger partial charge on any atom is -0.496 e. The van der Waals surface area contributed by atoms with Gasteiger partial charge in [-0.3, -0.25) is 4.79 Å². The number of methoxy groups -OCH3 is 1. The van der Waals surface area contributed by atoms with Gasteiger partial charge >= 0.3 is 0 Å². The molecule has 2 rings (SSSR count). The van der Waals surface area contributed by atoms with E-state index in [2.05, 4.69) is 5.32 Å². The molecular formula is C17H18ClNO3. The van der Waals surface area contributed by atoms with Gasteiger partial charge < -0.3 is 15.2 Å². The van der Waals surface area contributed by atoms with E-state index in [9.17, 15) is 9.90 Å². The van der Waals surface area contributed by atoms with Crippen molar-refractivity contribution in [3.63, 3.8) is 0 Å². The molecular weight excluding hydrogens is 302 g/mol. The van der Waals surface area contributed by atoms with Gasteiger partial charge in [-0.15, -0.1) is 0 Å². The van der Waals surface area contributed by atoms with E-state index in [0.717, 1.165) is 5.56 Å². The predicted octanol–water partition coefficient (Wildman–Crippen LogP) is 2.68. The highest BCUT2D eigenvalue weighted by Gasteiger charge is 2.14. The lowest BCUT2D eigenvalue weighted by atomic mass is 10.1. The van der Waals surface area contributed by atoms with Crippen LogP contribution in [0.3, 0.4) is 0 Å². The van der Waals surface area contributed by atoms with Crippen LogP contribution in [0.15, 0.2) is 48.5 Å². The molecule has 0 aliphatic heterocycles. The number of hydrogen-bond acceptors (Lipinski definition) is 3. The quantitative estimate of drug-likeness (QED) is 0.860. The first-order valence-corrected chi connectivity index (χ1v) is 7.31. The summed E-state index contributed by atoms with van der Waals surface area (Å²) in [4.78, 5) is 12.2. The van der Waals surface area contributed by atoms with E-state index in [1.165, 1.54) is 7.11 Å². The number of ether oxygens (including phenoxy) is 1. The van der Waals surface area contributed by atoms with Crippen molar-refractivity contribution >= 4 is 17.5 Å². The number of aliphatic hydroxyl groups is 1. The standard InChI is InChI=1S/C17H18ClNO3/c1-22-16-8-7-13(18)10-15(16)17(21)19-11-14(20)9-12-5-3-2-4-6-12/h2-8,10,14,20H,9,11H2,1H3,(H,19,21). The molecule has 5 heteroatoms. The van der Waals surface area contributed by atoms with Crippen LogP contribution in [0.5, 0.6) is 5.75 Å². The maximum atomic E-state index is 12.2.